The molecule has 0 bridgehead atoms. The molecule has 0 radical (unpaired) electrons. The second-order valence-corrected chi connectivity index (χ2v) is 8.88. The van der Waals surface area contributed by atoms with Crippen molar-refractivity contribution >= 4 is 39.6 Å². The minimum atomic E-state index is -0.366. The second-order valence-electron chi connectivity index (χ2n) is 8.88. The highest BCUT2D eigenvalue weighted by atomic mass is 19.1. The first kappa shape index (κ1) is 23.7. The van der Waals surface area contributed by atoms with Crippen LogP contribution in [0.1, 0.15) is 11.6 Å². The molecule has 4 heterocycles. The average Bonchev–Trinajstić information content (AvgIpc) is 2.95. The molecule has 38 heavy (non-hydrogen) atoms. The van der Waals surface area contributed by atoms with Gasteiger partial charge in [-0.05, 0) is 42.0 Å². The maximum absolute atomic E-state index is 14.5. The zero-order chi connectivity index (χ0) is 25.9. The second kappa shape index (κ2) is 10.3. The summed E-state index contributed by atoms with van der Waals surface area (Å²) in [5.41, 5.74) is 2.93. The molecule has 0 saturated carbocycles. The third-order valence-electron chi connectivity index (χ3n) is 6.49. The van der Waals surface area contributed by atoms with E-state index >= 15 is 0 Å². The summed E-state index contributed by atoms with van der Waals surface area (Å²) in [4.78, 5) is 20.0. The number of nitrogens with one attached hydrogen (secondary N) is 3. The molecule has 10 heteroatoms. The molecule has 0 amide bonds. The molecule has 190 valence electrons. The molecule has 3 N–H and O–H groups in total. The van der Waals surface area contributed by atoms with Crippen LogP contribution in [-0.2, 0) is 0 Å². The van der Waals surface area contributed by atoms with Crippen LogP contribution in [0.5, 0.6) is 0 Å². The first-order chi connectivity index (χ1) is 18.7. The topological polar surface area (TPSA) is 90.9 Å². The minimum Gasteiger partial charge on any atom is -0.351 e. The maximum atomic E-state index is 14.5. The predicted octanol–water partition coefficient (Wildman–Crippen LogP) is 5.34. The van der Waals surface area contributed by atoms with Gasteiger partial charge in [0.1, 0.15) is 29.6 Å². The van der Waals surface area contributed by atoms with Gasteiger partial charge in [-0.15, -0.1) is 0 Å². The summed E-state index contributed by atoms with van der Waals surface area (Å²) in [6.45, 7) is 2.10. The zero-order valence-electron chi connectivity index (χ0n) is 20.3. The van der Waals surface area contributed by atoms with Crippen LogP contribution < -0.4 is 20.9 Å². The standard InChI is InChI=1S/C28H24F2N8/c29-19-5-1-3-7-21(19)36-24-15-32-14-23-27(24)28(35-17-34-23)38-12-11-31-16-25(38)18-9-10-33-26(13-18)37-22-8-4-2-6-20(22)30/h1-10,13-15,17,25,31,36H,11-12,16H2,(H,33,37). The van der Waals surface area contributed by atoms with E-state index < -0.39 is 0 Å². The number of fused-ring (bicyclic) bond motifs is 1. The van der Waals surface area contributed by atoms with Crippen LogP contribution in [0.25, 0.3) is 10.9 Å². The summed E-state index contributed by atoms with van der Waals surface area (Å²) in [5, 5.41) is 10.5. The van der Waals surface area contributed by atoms with E-state index in [1.807, 2.05) is 12.1 Å². The monoisotopic (exact) mass is 510 g/mol. The molecule has 1 unspecified atom stereocenters. The van der Waals surface area contributed by atoms with Crippen molar-refractivity contribution in [3.63, 3.8) is 0 Å². The number of pyridine rings is 2. The summed E-state index contributed by atoms with van der Waals surface area (Å²) in [7, 11) is 0. The fourth-order valence-corrected chi connectivity index (χ4v) is 4.69. The Morgan fingerprint density at radius 2 is 1.61 bits per heavy atom. The molecule has 3 aromatic heterocycles. The number of halogens is 2. The van der Waals surface area contributed by atoms with Gasteiger partial charge >= 0.3 is 0 Å². The highest BCUT2D eigenvalue weighted by Crippen LogP contribution is 2.36. The molecule has 5 aromatic rings. The molecule has 1 atom stereocenters. The Morgan fingerprint density at radius 3 is 2.39 bits per heavy atom. The molecule has 0 aliphatic carbocycles. The van der Waals surface area contributed by atoms with Crippen molar-refractivity contribution in [2.75, 3.05) is 35.2 Å². The van der Waals surface area contributed by atoms with Crippen molar-refractivity contribution in [2.24, 2.45) is 0 Å². The Kier molecular flexibility index (Phi) is 6.45. The van der Waals surface area contributed by atoms with Crippen LogP contribution in [-0.4, -0.2) is 39.6 Å². The van der Waals surface area contributed by atoms with Gasteiger partial charge in [-0.1, -0.05) is 24.3 Å². The Morgan fingerprint density at radius 1 is 0.842 bits per heavy atom. The quantitative estimate of drug-likeness (QED) is 0.282. The number of nitrogens with zero attached hydrogens (tertiary/aromatic N) is 5. The Bertz CT molecular complexity index is 1590. The van der Waals surface area contributed by atoms with Crippen LogP contribution in [0.3, 0.4) is 0 Å². The number of para-hydroxylation sites is 2. The van der Waals surface area contributed by atoms with Crippen molar-refractivity contribution in [3.8, 4) is 0 Å². The SMILES string of the molecule is Fc1ccccc1Nc1cc(C2CNCCN2c2ncnc3cncc(Nc4ccccc4F)c23)ccn1. The molecule has 1 aliphatic heterocycles. The average molecular weight is 511 g/mol. The lowest BCUT2D eigenvalue weighted by Gasteiger charge is -2.38. The smallest absolute Gasteiger partial charge is 0.146 e. The van der Waals surface area contributed by atoms with Gasteiger partial charge in [0.05, 0.1) is 46.4 Å². The van der Waals surface area contributed by atoms with E-state index in [1.54, 1.807) is 55.0 Å². The van der Waals surface area contributed by atoms with E-state index in [2.05, 4.69) is 40.8 Å². The Hall–Kier alpha value is -4.70. The van der Waals surface area contributed by atoms with E-state index in [0.29, 0.717) is 47.3 Å². The van der Waals surface area contributed by atoms with Crippen molar-refractivity contribution in [1.82, 2.24) is 25.3 Å². The van der Waals surface area contributed by atoms with Crippen molar-refractivity contribution in [3.05, 3.63) is 103 Å². The number of hydrogen-bond donors (Lipinski definition) is 3. The molecule has 8 nitrogen and oxygen atoms in total. The molecule has 0 spiro atoms. The molecular weight excluding hydrogens is 486 g/mol. The van der Waals surface area contributed by atoms with Gasteiger partial charge in [-0.3, -0.25) is 4.98 Å². The van der Waals surface area contributed by atoms with Gasteiger partial charge in [-0.2, -0.15) is 0 Å². The number of anilines is 5. The van der Waals surface area contributed by atoms with Crippen LogP contribution in [0.2, 0.25) is 0 Å². The summed E-state index contributed by atoms with van der Waals surface area (Å²) >= 11 is 0. The molecule has 6 rings (SSSR count). The van der Waals surface area contributed by atoms with Gasteiger partial charge in [-0.25, -0.2) is 23.7 Å². The van der Waals surface area contributed by atoms with E-state index in [9.17, 15) is 8.78 Å². The Balaban J connectivity index is 1.39. The van der Waals surface area contributed by atoms with Crippen molar-refractivity contribution < 1.29 is 8.78 Å². The number of rotatable bonds is 6. The summed E-state index contributed by atoms with van der Waals surface area (Å²) < 4.78 is 28.7. The van der Waals surface area contributed by atoms with Gasteiger partial charge in [0.25, 0.3) is 0 Å². The molecular formula is C28H24F2N8. The third-order valence-corrected chi connectivity index (χ3v) is 6.49. The van der Waals surface area contributed by atoms with E-state index in [0.717, 1.165) is 17.5 Å². The highest BCUT2D eigenvalue weighted by Gasteiger charge is 2.28. The van der Waals surface area contributed by atoms with Crippen LogP contribution >= 0.6 is 0 Å². The number of hydrogen-bond acceptors (Lipinski definition) is 8. The minimum absolute atomic E-state index is 0.0968. The van der Waals surface area contributed by atoms with Gasteiger partial charge in [0.15, 0.2) is 0 Å². The van der Waals surface area contributed by atoms with Gasteiger partial charge in [0, 0.05) is 25.8 Å². The van der Waals surface area contributed by atoms with Crippen molar-refractivity contribution in [2.45, 2.75) is 6.04 Å². The molecule has 1 saturated heterocycles. The van der Waals surface area contributed by atoms with Crippen molar-refractivity contribution in [1.29, 1.82) is 0 Å². The first-order valence-corrected chi connectivity index (χ1v) is 12.2. The fraction of sp³-hybridized carbons (Fsp3) is 0.143. The number of benzene rings is 2. The molecule has 1 aliphatic rings. The fourth-order valence-electron chi connectivity index (χ4n) is 4.69. The summed E-state index contributed by atoms with van der Waals surface area (Å²) in [6.07, 6.45) is 6.55. The summed E-state index contributed by atoms with van der Waals surface area (Å²) in [5.74, 6) is 0.533. The molecule has 2 aromatic carbocycles. The number of piperazine rings is 1. The van der Waals surface area contributed by atoms with Crippen LogP contribution in [0.15, 0.2) is 85.6 Å². The van der Waals surface area contributed by atoms with Gasteiger partial charge in [0.2, 0.25) is 0 Å². The van der Waals surface area contributed by atoms with E-state index in [-0.39, 0.29) is 17.7 Å². The molecule has 1 fully saturated rings. The maximum Gasteiger partial charge on any atom is 0.146 e. The first-order valence-electron chi connectivity index (χ1n) is 12.2. The van der Waals surface area contributed by atoms with Gasteiger partial charge < -0.3 is 20.9 Å². The lowest BCUT2D eigenvalue weighted by molar-refractivity contribution is 0.487. The Labute approximate surface area is 217 Å². The summed E-state index contributed by atoms with van der Waals surface area (Å²) in [6, 6.07) is 16.7. The van der Waals surface area contributed by atoms with Crippen LogP contribution in [0.4, 0.5) is 37.5 Å². The van der Waals surface area contributed by atoms with Crippen LogP contribution in [0, 0.1) is 11.6 Å². The normalized spacial score (nSPS) is 15.4. The van der Waals surface area contributed by atoms with E-state index in [4.69, 9.17) is 0 Å². The zero-order valence-corrected chi connectivity index (χ0v) is 20.3. The predicted molar refractivity (Wildman–Crippen MR) is 144 cm³/mol. The number of aromatic nitrogens is 4. The highest BCUT2D eigenvalue weighted by molar-refractivity contribution is 6.00. The largest absolute Gasteiger partial charge is 0.351 e. The van der Waals surface area contributed by atoms with E-state index in [1.165, 1.54) is 18.5 Å². The third kappa shape index (κ3) is 4.69. The lowest BCUT2D eigenvalue weighted by atomic mass is 10.0. The lowest BCUT2D eigenvalue weighted by Crippen LogP contribution is -2.46.